The first kappa shape index (κ1) is 57.1. The minimum atomic E-state index is -5.10. The number of carboxylic acid groups (broad SMARTS) is 4. The van der Waals surface area contributed by atoms with E-state index in [1.807, 2.05) is 0 Å². The first-order chi connectivity index (χ1) is 8.57. The van der Waals surface area contributed by atoms with Crippen molar-refractivity contribution in [2.75, 3.05) is 0 Å². The molecule has 0 bridgehead atoms. The molecule has 6 N–H and O–H groups in total. The topological polar surface area (TPSA) is 259 Å². The summed E-state index contributed by atoms with van der Waals surface area (Å²) >= 11 is -3.33. The largest absolute Gasteiger partial charge is 0 e. The van der Waals surface area contributed by atoms with Crippen LogP contribution in [0.4, 0.5) is 9.59 Å². The predicted octanol–water partition coefficient (Wildman–Crippen LogP) is -3.95. The Morgan fingerprint density at radius 3 is 0.846 bits per heavy atom. The van der Waals surface area contributed by atoms with Crippen LogP contribution >= 0.6 is 0 Å². The molecular weight excluding hydrogens is 583 g/mol. The van der Waals surface area contributed by atoms with Crippen LogP contribution in [-0.4, -0.2) is 181 Å². The second-order valence-corrected chi connectivity index (χ2v) is 4.97. The van der Waals surface area contributed by atoms with Gasteiger partial charge in [0.1, 0.15) is 0 Å². The van der Waals surface area contributed by atoms with Gasteiger partial charge in [-0.15, -0.1) is 7.26 Å². The molecule has 0 saturated carbocycles. The summed E-state index contributed by atoms with van der Waals surface area (Å²) in [6, 6.07) is 0. The minimum Gasteiger partial charge on any atom is 0 e. The fraction of sp³-hybridized carbons (Fsp3) is 0. The molecule has 0 radical (unpaired) electrons. The molecule has 134 valence electrons. The van der Waals surface area contributed by atoms with E-state index in [2.05, 4.69) is 7.26 Å². The Morgan fingerprint density at radius 1 is 0.654 bits per heavy atom. The van der Waals surface area contributed by atoms with Crippen molar-refractivity contribution >= 4 is 163 Å². The molecule has 15 nitrogen and oxygen atoms in total. The number of carbonyl (C=O) groups is 2. The van der Waals surface area contributed by atoms with Crippen LogP contribution in [0.1, 0.15) is 0 Å². The molecule has 0 rings (SSSR count). The van der Waals surface area contributed by atoms with Gasteiger partial charge in [0.15, 0.2) is 0 Å². The molecule has 24 heteroatoms. The summed E-state index contributed by atoms with van der Waals surface area (Å²) in [7, 11) is -10.2. The van der Waals surface area contributed by atoms with E-state index in [1.54, 1.807) is 0 Å². The quantitative estimate of drug-likeness (QED) is 0.134. The van der Waals surface area contributed by atoms with Gasteiger partial charge in [-0.2, -0.15) is 21.0 Å². The summed E-state index contributed by atoms with van der Waals surface area (Å²) in [5.74, 6) is 0. The van der Waals surface area contributed by atoms with E-state index in [0.717, 1.165) is 0 Å². The molecule has 0 atom stereocenters. The smallest absolute Gasteiger partial charge is 0 e. The predicted molar refractivity (Wildman–Crippen MR) is 83.3 cm³/mol. The summed E-state index contributed by atoms with van der Waals surface area (Å²) in [6.45, 7) is 0. The van der Waals surface area contributed by atoms with E-state index in [1.165, 1.54) is 0 Å². The Labute approximate surface area is 264 Å². The molecular formula is C2H10Na4O15S3Zn2. The molecule has 0 saturated heterocycles. The maximum absolute atomic E-state index is 10.1. The van der Waals surface area contributed by atoms with Crippen LogP contribution in [0.15, 0.2) is 0 Å². The van der Waals surface area contributed by atoms with Gasteiger partial charge in [-0.3, -0.25) is 9.11 Å². The SMILES string of the molecule is O=C(O)O.O=C(O)O.O=S(OS(=O)(=O)O)OS(=O)(=O)O.[NaH].[NaH].[NaH].[NaH].[Zn].[Zn]. The first-order valence-electron chi connectivity index (χ1n) is 3.17. The summed E-state index contributed by atoms with van der Waals surface area (Å²) in [6.07, 6.45) is -3.67. The van der Waals surface area contributed by atoms with E-state index in [4.69, 9.17) is 39.1 Å². The van der Waals surface area contributed by atoms with Crippen molar-refractivity contribution in [3.63, 3.8) is 0 Å². The number of rotatable bonds is 4. The van der Waals surface area contributed by atoms with E-state index >= 15 is 0 Å². The summed E-state index contributed by atoms with van der Waals surface area (Å²) in [5.41, 5.74) is 0. The normalized spacial score (nSPS) is 8.12. The zero-order valence-corrected chi connectivity index (χ0v) is 18.4. The average Bonchev–Trinajstić information content (AvgIpc) is 1.90. The zero-order valence-electron chi connectivity index (χ0n) is 10.00. The molecule has 0 aliphatic heterocycles. The molecule has 0 aliphatic carbocycles. The van der Waals surface area contributed by atoms with Gasteiger partial charge in [0.05, 0.1) is 0 Å². The van der Waals surface area contributed by atoms with Gasteiger partial charge >= 0.3 is 163 Å². The molecule has 0 aliphatic rings. The summed E-state index contributed by atoms with van der Waals surface area (Å²) in [4.78, 5) is 17.1. The van der Waals surface area contributed by atoms with Gasteiger partial charge in [0, 0.05) is 39.0 Å². The molecule has 0 aromatic heterocycles. The van der Waals surface area contributed by atoms with Crippen LogP contribution in [0.5, 0.6) is 0 Å². The van der Waals surface area contributed by atoms with Gasteiger partial charge in [-0.05, 0) is 0 Å². The molecule has 0 spiro atoms. The molecule has 0 aromatic carbocycles. The maximum atomic E-state index is 10.1. The Bertz CT molecular complexity index is 491. The van der Waals surface area contributed by atoms with Gasteiger partial charge < -0.3 is 20.4 Å². The van der Waals surface area contributed by atoms with Gasteiger partial charge in [-0.25, -0.2) is 9.59 Å². The Kier molecular flexibility index (Phi) is 67.8. The standard InChI is InChI=1S/2CH2O3.4Na.H2O9S3.2Zn.4H/c2*2-1(3)4;;;;;1-10(8-11(2,3)4)9-12(5,6)7;;;;;;/h2*(H2,2,3,4);;;;;(H,2,3,4)(H,5,6,7);;;;;;. The van der Waals surface area contributed by atoms with E-state index in [9.17, 15) is 21.0 Å². The van der Waals surface area contributed by atoms with E-state index < -0.39 is 44.5 Å². The average molecular weight is 593 g/mol. The number of hydrogen-bond donors (Lipinski definition) is 6. The van der Waals surface area contributed by atoms with Crippen LogP contribution in [-0.2, 0) is 78.4 Å². The molecule has 0 aromatic rings. The van der Waals surface area contributed by atoms with Gasteiger partial charge in [-0.1, -0.05) is 0 Å². The Balaban J connectivity index is -0.0000000257. The van der Waals surface area contributed by atoms with Crippen LogP contribution in [0.2, 0.25) is 0 Å². The van der Waals surface area contributed by atoms with Crippen molar-refractivity contribution in [3.8, 4) is 0 Å². The third-order valence-corrected chi connectivity index (χ3v) is 2.55. The zero-order chi connectivity index (χ0) is 17.1. The van der Waals surface area contributed by atoms with Crippen molar-refractivity contribution in [1.29, 1.82) is 0 Å². The van der Waals surface area contributed by atoms with Crippen LogP contribution in [0, 0.1) is 0 Å². The molecule has 0 amide bonds. The van der Waals surface area contributed by atoms with E-state index in [-0.39, 0.29) is 157 Å². The van der Waals surface area contributed by atoms with Crippen molar-refractivity contribution < 1.29 is 106 Å². The van der Waals surface area contributed by atoms with Gasteiger partial charge in [0.2, 0.25) is 0 Å². The summed E-state index contributed by atoms with van der Waals surface area (Å²) in [5, 5.41) is 27.9. The fourth-order valence-electron chi connectivity index (χ4n) is 0.152. The monoisotopic (exact) mass is 590 g/mol. The van der Waals surface area contributed by atoms with Crippen LogP contribution < -0.4 is 0 Å². The summed E-state index contributed by atoms with van der Waals surface area (Å²) < 4.78 is 70.6. The minimum absolute atomic E-state index is 0. The third kappa shape index (κ3) is 105. The third-order valence-electron chi connectivity index (χ3n) is 0.283. The van der Waals surface area contributed by atoms with Crippen LogP contribution in [0.3, 0.4) is 0 Å². The van der Waals surface area contributed by atoms with Crippen molar-refractivity contribution in [2.45, 2.75) is 0 Å². The molecule has 0 unspecified atom stereocenters. The Hall–Kier alpha value is 3.68. The molecule has 0 fully saturated rings. The fourth-order valence-corrected chi connectivity index (χ4v) is 1.57. The number of hydrogen-bond acceptors (Lipinski definition) is 9. The maximum Gasteiger partial charge on any atom is 0 e. The van der Waals surface area contributed by atoms with Crippen molar-refractivity contribution in [2.24, 2.45) is 0 Å². The van der Waals surface area contributed by atoms with E-state index in [0.29, 0.717) is 0 Å². The first-order valence-corrected chi connectivity index (χ1v) is 6.90. The molecule has 0 heterocycles. The second-order valence-electron chi connectivity index (χ2n) is 1.76. The van der Waals surface area contributed by atoms with Gasteiger partial charge in [0.25, 0.3) is 0 Å². The van der Waals surface area contributed by atoms with Crippen molar-refractivity contribution in [3.05, 3.63) is 0 Å². The second kappa shape index (κ2) is 30.9. The Morgan fingerprint density at radius 2 is 0.769 bits per heavy atom. The van der Waals surface area contributed by atoms with Crippen LogP contribution in [0.25, 0.3) is 0 Å². The van der Waals surface area contributed by atoms with Crippen molar-refractivity contribution in [1.82, 2.24) is 0 Å². The molecule has 26 heavy (non-hydrogen) atoms.